The molecule has 18 heavy (non-hydrogen) atoms. The first kappa shape index (κ1) is 12.4. The smallest absolute Gasteiger partial charge is 0.328 e. The molecule has 0 radical (unpaired) electrons. The van der Waals surface area contributed by atoms with Gasteiger partial charge in [0.1, 0.15) is 5.75 Å². The molecule has 0 spiro atoms. The normalized spacial score (nSPS) is 16.7. The minimum Gasteiger partial charge on any atom is -0.493 e. The lowest BCUT2D eigenvalue weighted by Gasteiger charge is -2.10. The molecule has 0 fully saturated rings. The number of hydrogen-bond donors (Lipinski definition) is 1. The Morgan fingerprint density at radius 1 is 1.39 bits per heavy atom. The lowest BCUT2D eigenvalue weighted by Crippen LogP contribution is -1.95. The van der Waals surface area contributed by atoms with Crippen LogP contribution < -0.4 is 4.74 Å². The Morgan fingerprint density at radius 2 is 2.17 bits per heavy atom. The number of carboxylic acid groups (broad SMARTS) is 1. The number of benzene rings is 1. The third kappa shape index (κ3) is 2.80. The summed E-state index contributed by atoms with van der Waals surface area (Å²) in [5.41, 5.74) is 3.07. The maximum Gasteiger partial charge on any atom is 0.328 e. The summed E-state index contributed by atoms with van der Waals surface area (Å²) in [6.07, 6.45) is 4.87. The minimum absolute atomic E-state index is 0.627. The van der Waals surface area contributed by atoms with Crippen molar-refractivity contribution in [3.63, 3.8) is 0 Å². The minimum atomic E-state index is -0.888. The van der Waals surface area contributed by atoms with E-state index in [1.54, 1.807) is 0 Å². The largest absolute Gasteiger partial charge is 0.493 e. The summed E-state index contributed by atoms with van der Waals surface area (Å²) in [6, 6.07) is 7.87. The van der Waals surface area contributed by atoms with Crippen molar-refractivity contribution in [3.05, 3.63) is 47.6 Å². The summed E-state index contributed by atoms with van der Waals surface area (Å²) in [7, 11) is 0. The number of carbonyl (C=O) groups is 1. The summed E-state index contributed by atoms with van der Waals surface area (Å²) >= 11 is 0. The molecule has 2 rings (SSSR count). The van der Waals surface area contributed by atoms with E-state index in [0.717, 1.165) is 35.3 Å². The van der Waals surface area contributed by atoms with Crippen LogP contribution in [0.3, 0.4) is 0 Å². The molecule has 0 aliphatic heterocycles. The van der Waals surface area contributed by atoms with Crippen molar-refractivity contribution in [1.82, 2.24) is 0 Å². The van der Waals surface area contributed by atoms with Gasteiger partial charge < -0.3 is 9.84 Å². The number of aliphatic carboxylic acids is 1. The first-order chi connectivity index (χ1) is 8.70. The lowest BCUT2D eigenvalue weighted by atomic mass is 10.0. The number of allylic oxidation sites excluding steroid dienone is 3. The van der Waals surface area contributed by atoms with Crippen LogP contribution in [0.2, 0.25) is 0 Å². The highest BCUT2D eigenvalue weighted by atomic mass is 16.5. The second-order valence-electron chi connectivity index (χ2n) is 4.16. The van der Waals surface area contributed by atoms with E-state index in [2.05, 4.69) is 0 Å². The topological polar surface area (TPSA) is 46.5 Å². The summed E-state index contributed by atoms with van der Waals surface area (Å²) < 4.78 is 5.59. The van der Waals surface area contributed by atoms with Gasteiger partial charge in [0.2, 0.25) is 0 Å². The molecule has 1 N–H and O–H groups in total. The highest BCUT2D eigenvalue weighted by Gasteiger charge is 2.15. The van der Waals surface area contributed by atoms with Gasteiger partial charge in [0.25, 0.3) is 0 Å². The molecule has 0 bridgehead atoms. The van der Waals surface area contributed by atoms with E-state index >= 15 is 0 Å². The maximum absolute atomic E-state index is 10.6. The zero-order valence-electron chi connectivity index (χ0n) is 10.3. The molecule has 0 saturated heterocycles. The first-order valence-electron chi connectivity index (χ1n) is 6.07. The molecule has 0 aromatic heterocycles. The monoisotopic (exact) mass is 244 g/mol. The quantitative estimate of drug-likeness (QED) is 0.827. The van der Waals surface area contributed by atoms with E-state index in [9.17, 15) is 4.79 Å². The number of carboxylic acids is 1. The average molecular weight is 244 g/mol. The van der Waals surface area contributed by atoms with Crippen molar-refractivity contribution in [2.75, 3.05) is 6.61 Å². The van der Waals surface area contributed by atoms with Crippen LogP contribution in [0, 0.1) is 0 Å². The summed E-state index contributed by atoms with van der Waals surface area (Å²) in [5, 5.41) is 8.74. The first-order valence-corrected chi connectivity index (χ1v) is 6.07. The lowest BCUT2D eigenvalue weighted by molar-refractivity contribution is -0.131. The van der Waals surface area contributed by atoms with Crippen LogP contribution in [0.5, 0.6) is 5.75 Å². The second-order valence-corrected chi connectivity index (χ2v) is 4.16. The summed E-state index contributed by atoms with van der Waals surface area (Å²) in [4.78, 5) is 10.6. The molecule has 1 aliphatic carbocycles. The van der Waals surface area contributed by atoms with Gasteiger partial charge in [0, 0.05) is 11.6 Å². The summed E-state index contributed by atoms with van der Waals surface area (Å²) in [6.45, 7) is 2.58. The van der Waals surface area contributed by atoms with Crippen molar-refractivity contribution < 1.29 is 14.6 Å². The van der Waals surface area contributed by atoms with Crippen LogP contribution in [0.25, 0.3) is 5.57 Å². The Morgan fingerprint density at radius 3 is 2.89 bits per heavy atom. The molecule has 3 nitrogen and oxygen atoms in total. The van der Waals surface area contributed by atoms with Gasteiger partial charge in [-0.3, -0.25) is 0 Å². The van der Waals surface area contributed by atoms with Gasteiger partial charge in [-0.15, -0.1) is 0 Å². The fourth-order valence-electron chi connectivity index (χ4n) is 2.15. The van der Waals surface area contributed by atoms with Crippen LogP contribution in [0.1, 0.15) is 25.3 Å². The molecule has 1 aromatic rings. The van der Waals surface area contributed by atoms with Gasteiger partial charge >= 0.3 is 5.97 Å². The van der Waals surface area contributed by atoms with E-state index in [1.165, 1.54) is 6.08 Å². The predicted molar refractivity (Wildman–Crippen MR) is 70.5 cm³/mol. The molecule has 1 aliphatic rings. The van der Waals surface area contributed by atoms with E-state index in [-0.39, 0.29) is 0 Å². The Kier molecular flexibility index (Phi) is 3.82. The Bertz CT molecular complexity index is 512. The van der Waals surface area contributed by atoms with Gasteiger partial charge in [-0.2, -0.15) is 0 Å². The number of rotatable bonds is 4. The van der Waals surface area contributed by atoms with Crippen molar-refractivity contribution in [2.45, 2.75) is 19.8 Å². The van der Waals surface area contributed by atoms with E-state index < -0.39 is 5.97 Å². The molecular weight excluding hydrogens is 228 g/mol. The van der Waals surface area contributed by atoms with Gasteiger partial charge in [-0.25, -0.2) is 4.79 Å². The number of ether oxygens (including phenoxy) is 1. The zero-order chi connectivity index (χ0) is 13.0. The van der Waals surface area contributed by atoms with Gasteiger partial charge in [-0.05, 0) is 37.0 Å². The SMILES string of the molecule is CCOc1ccccc1C1=C/C(=C/C(=O)O)CC1. The van der Waals surface area contributed by atoms with E-state index in [1.807, 2.05) is 37.3 Å². The molecule has 0 atom stereocenters. The van der Waals surface area contributed by atoms with Crippen LogP contribution in [0.15, 0.2) is 42.0 Å². The highest BCUT2D eigenvalue weighted by Crippen LogP contribution is 2.35. The molecule has 3 heteroatoms. The molecule has 94 valence electrons. The Labute approximate surface area is 106 Å². The van der Waals surface area contributed by atoms with Crippen molar-refractivity contribution in [2.24, 2.45) is 0 Å². The molecule has 0 heterocycles. The Hall–Kier alpha value is -2.03. The van der Waals surface area contributed by atoms with Crippen molar-refractivity contribution in [3.8, 4) is 5.75 Å². The summed E-state index contributed by atoms with van der Waals surface area (Å²) in [5.74, 6) is -0.0246. The van der Waals surface area contributed by atoms with Gasteiger partial charge in [0.05, 0.1) is 6.61 Å². The van der Waals surface area contributed by atoms with Gasteiger partial charge in [0.15, 0.2) is 0 Å². The molecule has 0 amide bonds. The molecule has 0 saturated carbocycles. The van der Waals surface area contributed by atoms with Crippen molar-refractivity contribution >= 4 is 11.5 Å². The average Bonchev–Trinajstić information content (AvgIpc) is 2.77. The zero-order valence-corrected chi connectivity index (χ0v) is 10.3. The van der Waals surface area contributed by atoms with Crippen LogP contribution in [-0.2, 0) is 4.79 Å². The third-order valence-corrected chi connectivity index (χ3v) is 2.88. The maximum atomic E-state index is 10.6. The molecule has 1 aromatic carbocycles. The predicted octanol–water partition coefficient (Wildman–Crippen LogP) is 3.27. The highest BCUT2D eigenvalue weighted by molar-refractivity contribution is 5.84. The Balaban J connectivity index is 2.30. The van der Waals surface area contributed by atoms with Crippen LogP contribution in [-0.4, -0.2) is 17.7 Å². The molecular formula is C15H16O3. The second kappa shape index (κ2) is 5.54. The fraction of sp³-hybridized carbons (Fsp3) is 0.267. The number of hydrogen-bond acceptors (Lipinski definition) is 2. The number of para-hydroxylation sites is 1. The fourth-order valence-corrected chi connectivity index (χ4v) is 2.15. The third-order valence-electron chi connectivity index (χ3n) is 2.88. The van der Waals surface area contributed by atoms with Crippen LogP contribution in [0.4, 0.5) is 0 Å². The standard InChI is InChI=1S/C15H16O3/c1-2-18-14-6-4-3-5-13(14)12-8-7-11(9-12)10-15(16)17/h3-6,9-10H,2,7-8H2,1H3,(H,16,17)/b11-10+. The molecule has 0 unspecified atom stereocenters. The van der Waals surface area contributed by atoms with Crippen LogP contribution >= 0.6 is 0 Å². The van der Waals surface area contributed by atoms with E-state index in [0.29, 0.717) is 6.61 Å². The van der Waals surface area contributed by atoms with Crippen molar-refractivity contribution in [1.29, 1.82) is 0 Å². The van der Waals surface area contributed by atoms with Gasteiger partial charge in [-0.1, -0.05) is 24.3 Å². The van der Waals surface area contributed by atoms with E-state index in [4.69, 9.17) is 9.84 Å².